The number of aromatic nitrogens is 2. The van der Waals surface area contributed by atoms with Crippen molar-refractivity contribution in [2.75, 3.05) is 24.5 Å². The number of anilines is 1. The van der Waals surface area contributed by atoms with Crippen LogP contribution in [0.4, 0.5) is 5.82 Å². The molecule has 0 aliphatic carbocycles. The van der Waals surface area contributed by atoms with E-state index in [2.05, 4.69) is 34.0 Å². The number of nitrogens with one attached hydrogen (secondary N) is 1. The molecule has 1 atom stereocenters. The fourth-order valence-electron chi connectivity index (χ4n) is 2.57. The van der Waals surface area contributed by atoms with Gasteiger partial charge < -0.3 is 10.2 Å². The van der Waals surface area contributed by atoms with Gasteiger partial charge in [0.25, 0.3) is 0 Å². The van der Waals surface area contributed by atoms with Crippen LogP contribution in [-0.2, 0) is 0 Å². The topological polar surface area (TPSA) is 41.0 Å². The minimum absolute atomic E-state index is 0.629. The van der Waals surface area contributed by atoms with Crippen molar-refractivity contribution < 1.29 is 0 Å². The zero-order valence-electron chi connectivity index (χ0n) is 10.8. The van der Waals surface area contributed by atoms with Gasteiger partial charge in [-0.05, 0) is 32.2 Å². The first-order valence-electron chi connectivity index (χ1n) is 6.55. The van der Waals surface area contributed by atoms with Gasteiger partial charge in [0, 0.05) is 31.5 Å². The van der Waals surface area contributed by atoms with Crippen LogP contribution in [0.2, 0.25) is 0 Å². The molecule has 1 aromatic heterocycles. The summed E-state index contributed by atoms with van der Waals surface area (Å²) in [5.74, 6) is 1.81. The minimum Gasteiger partial charge on any atom is -0.355 e. The molecule has 0 saturated carbocycles. The Bertz CT molecular complexity index is 319. The number of piperidine rings is 1. The third-order valence-corrected chi connectivity index (χ3v) is 3.65. The van der Waals surface area contributed by atoms with Crippen LogP contribution >= 0.6 is 0 Å². The second-order valence-electron chi connectivity index (χ2n) is 4.73. The van der Waals surface area contributed by atoms with E-state index in [1.54, 1.807) is 12.4 Å². The summed E-state index contributed by atoms with van der Waals surface area (Å²) in [4.78, 5) is 10.8. The molecule has 1 N–H and O–H groups in total. The van der Waals surface area contributed by atoms with Crippen LogP contribution in [0.1, 0.15) is 26.7 Å². The minimum atomic E-state index is 0.629. The first-order valence-corrected chi connectivity index (χ1v) is 6.55. The second-order valence-corrected chi connectivity index (χ2v) is 4.73. The highest BCUT2D eigenvalue weighted by molar-refractivity contribution is 5.35. The Kier molecular flexibility index (Phi) is 4.31. The Labute approximate surface area is 103 Å². The standard InChI is InChI=1S/C13H22N4/c1-3-15-11(2)12-4-8-17(9-5-12)13-10-14-6-7-16-13/h6-7,10-12,15H,3-5,8-9H2,1-2H3. The molecule has 0 radical (unpaired) electrons. The Morgan fingerprint density at radius 1 is 1.41 bits per heavy atom. The quantitative estimate of drug-likeness (QED) is 0.861. The van der Waals surface area contributed by atoms with Gasteiger partial charge in [0.2, 0.25) is 0 Å². The van der Waals surface area contributed by atoms with Gasteiger partial charge in [0.15, 0.2) is 0 Å². The largest absolute Gasteiger partial charge is 0.355 e. The zero-order valence-corrected chi connectivity index (χ0v) is 10.8. The molecule has 94 valence electrons. The Morgan fingerprint density at radius 2 is 2.18 bits per heavy atom. The van der Waals surface area contributed by atoms with Crippen molar-refractivity contribution in [2.24, 2.45) is 5.92 Å². The van der Waals surface area contributed by atoms with E-state index in [0.29, 0.717) is 6.04 Å². The van der Waals surface area contributed by atoms with Crippen molar-refractivity contribution in [3.63, 3.8) is 0 Å². The molecule has 0 spiro atoms. The van der Waals surface area contributed by atoms with Crippen LogP contribution in [0.3, 0.4) is 0 Å². The lowest BCUT2D eigenvalue weighted by Crippen LogP contribution is -2.42. The van der Waals surface area contributed by atoms with Crippen LogP contribution in [0.5, 0.6) is 0 Å². The van der Waals surface area contributed by atoms with Gasteiger partial charge in [0.1, 0.15) is 5.82 Å². The van der Waals surface area contributed by atoms with Crippen molar-refractivity contribution in [1.29, 1.82) is 0 Å². The molecule has 1 fully saturated rings. The van der Waals surface area contributed by atoms with E-state index in [0.717, 1.165) is 31.4 Å². The number of rotatable bonds is 4. The summed E-state index contributed by atoms with van der Waals surface area (Å²) >= 11 is 0. The molecule has 0 aromatic carbocycles. The van der Waals surface area contributed by atoms with Gasteiger partial charge in [-0.3, -0.25) is 4.98 Å². The highest BCUT2D eigenvalue weighted by Gasteiger charge is 2.23. The van der Waals surface area contributed by atoms with E-state index in [-0.39, 0.29) is 0 Å². The molecule has 17 heavy (non-hydrogen) atoms. The highest BCUT2D eigenvalue weighted by atomic mass is 15.2. The molecule has 0 amide bonds. The van der Waals surface area contributed by atoms with Crippen LogP contribution in [-0.4, -0.2) is 35.6 Å². The summed E-state index contributed by atoms with van der Waals surface area (Å²) in [7, 11) is 0. The predicted molar refractivity (Wildman–Crippen MR) is 70.1 cm³/mol. The van der Waals surface area contributed by atoms with Crippen LogP contribution in [0.25, 0.3) is 0 Å². The molecule has 1 saturated heterocycles. The molecular weight excluding hydrogens is 212 g/mol. The van der Waals surface area contributed by atoms with Crippen molar-refractivity contribution in [2.45, 2.75) is 32.7 Å². The fourth-order valence-corrected chi connectivity index (χ4v) is 2.57. The van der Waals surface area contributed by atoms with E-state index >= 15 is 0 Å². The summed E-state index contributed by atoms with van der Waals surface area (Å²) in [6, 6.07) is 0.629. The maximum Gasteiger partial charge on any atom is 0.147 e. The predicted octanol–water partition coefficient (Wildman–Crippen LogP) is 1.69. The highest BCUT2D eigenvalue weighted by Crippen LogP contribution is 2.23. The third kappa shape index (κ3) is 3.16. The molecular formula is C13H22N4. The van der Waals surface area contributed by atoms with E-state index in [1.807, 2.05) is 6.20 Å². The van der Waals surface area contributed by atoms with Gasteiger partial charge in [-0.2, -0.15) is 0 Å². The van der Waals surface area contributed by atoms with Gasteiger partial charge in [-0.25, -0.2) is 4.98 Å². The molecule has 4 heteroatoms. The smallest absolute Gasteiger partial charge is 0.147 e. The van der Waals surface area contributed by atoms with Crippen LogP contribution < -0.4 is 10.2 Å². The molecule has 2 rings (SSSR count). The van der Waals surface area contributed by atoms with E-state index in [4.69, 9.17) is 0 Å². The average molecular weight is 234 g/mol. The zero-order chi connectivity index (χ0) is 12.1. The Morgan fingerprint density at radius 3 is 2.76 bits per heavy atom. The lowest BCUT2D eigenvalue weighted by molar-refractivity contribution is 0.314. The third-order valence-electron chi connectivity index (χ3n) is 3.65. The summed E-state index contributed by atoms with van der Waals surface area (Å²) in [5, 5.41) is 3.52. The van der Waals surface area contributed by atoms with Crippen molar-refractivity contribution in [3.05, 3.63) is 18.6 Å². The van der Waals surface area contributed by atoms with Crippen molar-refractivity contribution in [3.8, 4) is 0 Å². The maximum atomic E-state index is 4.36. The fraction of sp³-hybridized carbons (Fsp3) is 0.692. The summed E-state index contributed by atoms with van der Waals surface area (Å²) < 4.78 is 0. The van der Waals surface area contributed by atoms with E-state index in [9.17, 15) is 0 Å². The molecule has 1 aliphatic rings. The summed E-state index contributed by atoms with van der Waals surface area (Å²) in [6.07, 6.45) is 7.83. The number of hydrogen-bond acceptors (Lipinski definition) is 4. The Hall–Kier alpha value is -1.16. The molecule has 1 aliphatic heterocycles. The molecule has 1 unspecified atom stereocenters. The maximum absolute atomic E-state index is 4.36. The van der Waals surface area contributed by atoms with Gasteiger partial charge >= 0.3 is 0 Å². The molecule has 2 heterocycles. The lowest BCUT2D eigenvalue weighted by Gasteiger charge is -2.35. The Balaban J connectivity index is 1.86. The van der Waals surface area contributed by atoms with Crippen LogP contribution in [0, 0.1) is 5.92 Å². The van der Waals surface area contributed by atoms with Crippen molar-refractivity contribution >= 4 is 5.82 Å². The number of hydrogen-bond donors (Lipinski definition) is 1. The summed E-state index contributed by atoms with van der Waals surface area (Å²) in [5.41, 5.74) is 0. The monoisotopic (exact) mass is 234 g/mol. The SMILES string of the molecule is CCNC(C)C1CCN(c2cnccn2)CC1. The lowest BCUT2D eigenvalue weighted by atomic mass is 9.90. The average Bonchev–Trinajstić information content (AvgIpc) is 2.40. The molecule has 0 bridgehead atoms. The molecule has 4 nitrogen and oxygen atoms in total. The van der Waals surface area contributed by atoms with E-state index in [1.165, 1.54) is 12.8 Å². The van der Waals surface area contributed by atoms with E-state index < -0.39 is 0 Å². The van der Waals surface area contributed by atoms with Gasteiger partial charge in [-0.1, -0.05) is 6.92 Å². The first-order chi connectivity index (χ1) is 8.31. The van der Waals surface area contributed by atoms with Gasteiger partial charge in [0.05, 0.1) is 6.20 Å². The summed E-state index contributed by atoms with van der Waals surface area (Å²) in [6.45, 7) is 7.72. The van der Waals surface area contributed by atoms with Crippen molar-refractivity contribution in [1.82, 2.24) is 15.3 Å². The normalized spacial score (nSPS) is 19.3. The first kappa shape index (κ1) is 12.3. The van der Waals surface area contributed by atoms with Gasteiger partial charge in [-0.15, -0.1) is 0 Å². The molecule has 1 aromatic rings. The van der Waals surface area contributed by atoms with Crippen LogP contribution in [0.15, 0.2) is 18.6 Å². The second kappa shape index (κ2) is 5.96. The number of nitrogens with zero attached hydrogens (tertiary/aromatic N) is 3.